The number of aliphatic hydroxyl groups is 1. The lowest BCUT2D eigenvalue weighted by molar-refractivity contribution is -0.141. The Balaban J connectivity index is -0.000000193. The normalized spacial score (nSPS) is 7.88. The van der Waals surface area contributed by atoms with Gasteiger partial charge in [0.15, 0.2) is 0 Å². The lowest BCUT2D eigenvalue weighted by Crippen LogP contribution is -1.99. The lowest BCUT2D eigenvalue weighted by atomic mass is 10.4. The van der Waals surface area contributed by atoms with Crippen molar-refractivity contribution in [2.24, 2.45) is 0 Å². The van der Waals surface area contributed by atoms with E-state index >= 15 is 0 Å². The molecule has 0 rings (SSSR count). The minimum Gasteiger partial charge on any atom is -0.466 e. The van der Waals surface area contributed by atoms with Gasteiger partial charge < -0.3 is 14.6 Å². The summed E-state index contributed by atoms with van der Waals surface area (Å²) in [5.41, 5.74) is 0. The average Bonchev–Trinajstić information content (AvgIpc) is 2.19. The van der Waals surface area contributed by atoms with E-state index in [4.69, 9.17) is 5.11 Å². The summed E-state index contributed by atoms with van der Waals surface area (Å²) in [6.07, 6.45) is 2.05. The number of esters is 2. The number of aliphatic hydroxyl groups excluding tert-OH is 1. The molecule has 0 aromatic rings. The highest BCUT2D eigenvalue weighted by atomic mass is 16.5. The molecule has 0 aromatic heterocycles. The summed E-state index contributed by atoms with van der Waals surface area (Å²) in [5, 5.41) is 7.57. The maximum absolute atomic E-state index is 10.1. The first-order valence-electron chi connectivity index (χ1n) is 5.83. The Hall–Kier alpha value is -1.10. The van der Waals surface area contributed by atoms with Gasteiger partial charge in [-0.2, -0.15) is 0 Å². The Labute approximate surface area is 104 Å². The average molecular weight is 250 g/mol. The molecule has 17 heavy (non-hydrogen) atoms. The van der Waals surface area contributed by atoms with Crippen molar-refractivity contribution in [2.75, 3.05) is 19.8 Å². The van der Waals surface area contributed by atoms with Gasteiger partial charge >= 0.3 is 11.9 Å². The molecule has 0 amide bonds. The minimum atomic E-state index is -0.211. The Morgan fingerprint density at radius 2 is 1.41 bits per heavy atom. The largest absolute Gasteiger partial charge is 0.466 e. The van der Waals surface area contributed by atoms with Crippen LogP contribution in [0, 0.1) is 0 Å². The molecule has 0 bridgehead atoms. The van der Waals surface area contributed by atoms with Gasteiger partial charge in [-0.15, -0.1) is 0 Å². The van der Waals surface area contributed by atoms with Crippen LogP contribution in [0.4, 0.5) is 0 Å². The smallest absolute Gasteiger partial charge is 0.302 e. The third kappa shape index (κ3) is 52.1. The van der Waals surface area contributed by atoms with Crippen molar-refractivity contribution in [1.82, 2.24) is 0 Å². The van der Waals surface area contributed by atoms with E-state index in [-0.39, 0.29) is 18.5 Å². The molecular weight excluding hydrogens is 224 g/mol. The van der Waals surface area contributed by atoms with Crippen LogP contribution in [0.3, 0.4) is 0 Å². The summed E-state index contributed by atoms with van der Waals surface area (Å²) >= 11 is 0. The summed E-state index contributed by atoms with van der Waals surface area (Å²) < 4.78 is 9.05. The van der Waals surface area contributed by atoms with Crippen LogP contribution in [0.15, 0.2) is 0 Å². The van der Waals surface area contributed by atoms with E-state index in [0.29, 0.717) is 13.2 Å². The second-order valence-corrected chi connectivity index (χ2v) is 2.93. The van der Waals surface area contributed by atoms with Crippen molar-refractivity contribution in [3.8, 4) is 0 Å². The molecule has 0 aliphatic rings. The molecule has 1 N–H and O–H groups in total. The van der Waals surface area contributed by atoms with Crippen LogP contribution in [0.5, 0.6) is 0 Å². The minimum absolute atomic E-state index is 0.182. The first-order chi connectivity index (χ1) is 7.95. The number of carbonyl (C=O) groups is 2. The molecule has 0 saturated heterocycles. The number of rotatable bonds is 4. The molecule has 0 aromatic carbocycles. The van der Waals surface area contributed by atoms with Gasteiger partial charge in [-0.25, -0.2) is 0 Å². The van der Waals surface area contributed by atoms with Crippen molar-refractivity contribution in [3.63, 3.8) is 0 Å². The van der Waals surface area contributed by atoms with Gasteiger partial charge in [0.05, 0.1) is 13.2 Å². The third-order valence-corrected chi connectivity index (χ3v) is 1.15. The Kier molecular flexibility index (Phi) is 25.4. The maximum Gasteiger partial charge on any atom is 0.302 e. The van der Waals surface area contributed by atoms with Gasteiger partial charge in [-0.05, 0) is 20.3 Å². The highest BCUT2D eigenvalue weighted by Crippen LogP contribution is 1.86. The van der Waals surface area contributed by atoms with Crippen LogP contribution in [0.2, 0.25) is 0 Å². The predicted molar refractivity (Wildman–Crippen MR) is 66.6 cm³/mol. The topological polar surface area (TPSA) is 72.8 Å². The van der Waals surface area contributed by atoms with E-state index in [1.807, 2.05) is 0 Å². The number of hydrogen-bond donors (Lipinski definition) is 1. The van der Waals surface area contributed by atoms with Crippen LogP contribution in [-0.2, 0) is 19.1 Å². The molecule has 0 aliphatic heterocycles. The number of carbonyl (C=O) groups excluding carboxylic acids is 2. The second kappa shape index (κ2) is 20.3. The summed E-state index contributed by atoms with van der Waals surface area (Å²) in [6, 6.07) is 0. The third-order valence-electron chi connectivity index (χ3n) is 1.15. The molecule has 104 valence electrons. The van der Waals surface area contributed by atoms with Crippen LogP contribution in [-0.4, -0.2) is 36.9 Å². The van der Waals surface area contributed by atoms with Crippen LogP contribution < -0.4 is 0 Å². The second-order valence-electron chi connectivity index (χ2n) is 2.93. The van der Waals surface area contributed by atoms with E-state index in [2.05, 4.69) is 16.4 Å². The number of hydrogen-bond acceptors (Lipinski definition) is 5. The zero-order valence-corrected chi connectivity index (χ0v) is 11.6. The summed E-state index contributed by atoms with van der Waals surface area (Å²) in [7, 11) is 0. The standard InChI is InChI=1S/C6H12O2.C4H8O2.C2H6O/c1-3-4-5-8-6(2)7;1-3-6-4(2)5;1-2-3/h3-5H2,1-2H3;3H2,1-2H3;3H,2H2,1H3. The van der Waals surface area contributed by atoms with E-state index < -0.39 is 0 Å². The van der Waals surface area contributed by atoms with E-state index in [1.165, 1.54) is 13.8 Å². The highest BCUT2D eigenvalue weighted by molar-refractivity contribution is 5.66. The van der Waals surface area contributed by atoms with Crippen molar-refractivity contribution in [2.45, 2.75) is 47.5 Å². The Morgan fingerprint density at radius 1 is 1.00 bits per heavy atom. The molecule has 0 atom stereocenters. The highest BCUT2D eigenvalue weighted by Gasteiger charge is 1.88. The SMILES string of the molecule is CCCCOC(C)=O.CCO.CCOC(C)=O. The number of unbranched alkanes of at least 4 members (excludes halogenated alkanes) is 1. The molecule has 0 aliphatic carbocycles. The zero-order valence-electron chi connectivity index (χ0n) is 11.6. The molecule has 0 unspecified atom stereocenters. The summed E-state index contributed by atoms with van der Waals surface area (Å²) in [4.78, 5) is 19.9. The first-order valence-corrected chi connectivity index (χ1v) is 5.83. The predicted octanol–water partition coefficient (Wildman–Crippen LogP) is 1.92. The van der Waals surface area contributed by atoms with Gasteiger partial charge in [0, 0.05) is 20.5 Å². The van der Waals surface area contributed by atoms with E-state index in [1.54, 1.807) is 13.8 Å². The molecule has 5 nitrogen and oxygen atoms in total. The van der Waals surface area contributed by atoms with Gasteiger partial charge in [-0.3, -0.25) is 9.59 Å². The van der Waals surface area contributed by atoms with Gasteiger partial charge in [0.25, 0.3) is 0 Å². The van der Waals surface area contributed by atoms with Crippen LogP contribution >= 0.6 is 0 Å². The van der Waals surface area contributed by atoms with Crippen molar-refractivity contribution < 1.29 is 24.2 Å². The first kappa shape index (κ1) is 21.2. The van der Waals surface area contributed by atoms with E-state index in [9.17, 15) is 9.59 Å². The molecule has 0 fully saturated rings. The molecule has 0 heterocycles. The van der Waals surface area contributed by atoms with Crippen LogP contribution in [0.1, 0.15) is 47.5 Å². The lowest BCUT2D eigenvalue weighted by Gasteiger charge is -1.96. The summed E-state index contributed by atoms with van der Waals surface area (Å²) in [6.45, 7) is 9.64. The quantitative estimate of drug-likeness (QED) is 0.609. The fourth-order valence-corrected chi connectivity index (χ4v) is 0.563. The molecular formula is C12H26O5. The Bertz CT molecular complexity index is 168. The molecule has 0 saturated carbocycles. The molecule has 0 spiro atoms. The van der Waals surface area contributed by atoms with E-state index in [0.717, 1.165) is 12.8 Å². The van der Waals surface area contributed by atoms with Crippen molar-refractivity contribution in [1.29, 1.82) is 0 Å². The molecule has 5 heteroatoms. The number of ether oxygens (including phenoxy) is 2. The fourth-order valence-electron chi connectivity index (χ4n) is 0.563. The zero-order chi connectivity index (χ0) is 14.1. The van der Waals surface area contributed by atoms with Gasteiger partial charge in [0.2, 0.25) is 0 Å². The van der Waals surface area contributed by atoms with Crippen molar-refractivity contribution in [3.05, 3.63) is 0 Å². The monoisotopic (exact) mass is 250 g/mol. The molecule has 0 radical (unpaired) electrons. The van der Waals surface area contributed by atoms with Gasteiger partial charge in [-0.1, -0.05) is 13.3 Å². The fraction of sp³-hybridized carbons (Fsp3) is 0.833. The van der Waals surface area contributed by atoms with Crippen LogP contribution in [0.25, 0.3) is 0 Å². The maximum atomic E-state index is 10.1. The summed E-state index contributed by atoms with van der Waals surface area (Å²) in [5.74, 6) is -0.393. The van der Waals surface area contributed by atoms with Crippen molar-refractivity contribution >= 4 is 11.9 Å². The Morgan fingerprint density at radius 3 is 1.59 bits per heavy atom. The van der Waals surface area contributed by atoms with Gasteiger partial charge in [0.1, 0.15) is 0 Å².